The molecule has 0 radical (unpaired) electrons. The smallest absolute Gasteiger partial charge is 0.0544 e. The predicted octanol–water partition coefficient (Wildman–Crippen LogP) is 3.21. The maximum Gasteiger partial charge on any atom is 0.0544 e. The van der Waals surface area contributed by atoms with Crippen molar-refractivity contribution >= 4 is 0 Å². The van der Waals surface area contributed by atoms with E-state index in [9.17, 15) is 0 Å². The van der Waals surface area contributed by atoms with E-state index in [4.69, 9.17) is 0 Å². The van der Waals surface area contributed by atoms with E-state index in [1.54, 1.807) is 0 Å². The fourth-order valence-electron chi connectivity index (χ4n) is 3.40. The first kappa shape index (κ1) is 15.5. The van der Waals surface area contributed by atoms with Crippen molar-refractivity contribution in [1.82, 2.24) is 15.2 Å². The molecule has 20 heavy (non-hydrogen) atoms. The van der Waals surface area contributed by atoms with Gasteiger partial charge in [0.05, 0.1) is 5.69 Å². The van der Waals surface area contributed by atoms with Crippen LogP contribution in [0.2, 0.25) is 0 Å². The monoisotopic (exact) mass is 275 g/mol. The van der Waals surface area contributed by atoms with Crippen molar-refractivity contribution < 1.29 is 0 Å². The highest BCUT2D eigenvalue weighted by atomic mass is 15.2. The van der Waals surface area contributed by atoms with Crippen LogP contribution in [0.4, 0.5) is 0 Å². The number of rotatable bonds is 5. The van der Waals surface area contributed by atoms with Crippen LogP contribution in [0.3, 0.4) is 0 Å². The second kappa shape index (κ2) is 8.38. The second-order valence-electron chi connectivity index (χ2n) is 5.84. The van der Waals surface area contributed by atoms with Crippen LogP contribution in [0.5, 0.6) is 0 Å². The molecule has 0 aliphatic heterocycles. The number of likely N-dealkylation sites (N-methyl/N-ethyl adjacent to an activating group) is 2. The topological polar surface area (TPSA) is 28.2 Å². The van der Waals surface area contributed by atoms with Crippen molar-refractivity contribution in [2.75, 3.05) is 13.6 Å². The molecule has 1 aromatic rings. The third-order valence-corrected chi connectivity index (χ3v) is 4.57. The van der Waals surface area contributed by atoms with Crippen molar-refractivity contribution in [3.05, 3.63) is 30.1 Å². The van der Waals surface area contributed by atoms with Gasteiger partial charge in [0.15, 0.2) is 0 Å². The molecule has 0 amide bonds. The van der Waals surface area contributed by atoms with Crippen LogP contribution in [0.1, 0.15) is 51.1 Å². The Hall–Kier alpha value is -0.930. The zero-order valence-corrected chi connectivity index (χ0v) is 13.0. The van der Waals surface area contributed by atoms with Gasteiger partial charge in [-0.15, -0.1) is 0 Å². The number of hydrogen-bond donors (Lipinski definition) is 1. The Balaban J connectivity index is 2.05. The lowest BCUT2D eigenvalue weighted by molar-refractivity contribution is 0.134. The Morgan fingerprint density at radius 3 is 2.65 bits per heavy atom. The zero-order valence-electron chi connectivity index (χ0n) is 13.0. The maximum absolute atomic E-state index is 4.49. The van der Waals surface area contributed by atoms with Gasteiger partial charge in [-0.3, -0.25) is 9.88 Å². The summed E-state index contributed by atoms with van der Waals surface area (Å²) in [7, 11) is 2.12. The minimum absolute atomic E-state index is 0.624. The van der Waals surface area contributed by atoms with Crippen LogP contribution < -0.4 is 5.32 Å². The fourth-order valence-corrected chi connectivity index (χ4v) is 3.40. The van der Waals surface area contributed by atoms with E-state index in [-0.39, 0.29) is 0 Å². The molecule has 2 rings (SSSR count). The van der Waals surface area contributed by atoms with Crippen LogP contribution in [0, 0.1) is 0 Å². The molecule has 1 heterocycles. The maximum atomic E-state index is 4.49. The van der Waals surface area contributed by atoms with Gasteiger partial charge in [-0.05, 0) is 38.6 Å². The van der Waals surface area contributed by atoms with Gasteiger partial charge in [0.25, 0.3) is 0 Å². The van der Waals surface area contributed by atoms with Gasteiger partial charge in [-0.2, -0.15) is 0 Å². The predicted molar refractivity (Wildman–Crippen MR) is 84.7 cm³/mol. The summed E-state index contributed by atoms with van der Waals surface area (Å²) in [4.78, 5) is 7.10. The zero-order chi connectivity index (χ0) is 14.2. The largest absolute Gasteiger partial charge is 0.315 e. The molecule has 1 aromatic heterocycles. The first-order chi connectivity index (χ1) is 9.85. The SMILES string of the molecule is CCN(Cc1ccccn1)C1CCCCCCC1NC. The molecule has 1 aliphatic rings. The van der Waals surface area contributed by atoms with E-state index >= 15 is 0 Å². The number of hydrogen-bond acceptors (Lipinski definition) is 3. The Labute approximate surface area is 123 Å². The molecule has 1 N–H and O–H groups in total. The van der Waals surface area contributed by atoms with Gasteiger partial charge in [-0.25, -0.2) is 0 Å². The summed E-state index contributed by atoms with van der Waals surface area (Å²) in [6.45, 7) is 4.34. The standard InChI is InChI=1S/C17H29N3/c1-3-20(14-15-10-8-9-13-19-15)17-12-7-5-4-6-11-16(17)18-2/h8-10,13,16-18H,3-7,11-12,14H2,1-2H3. The second-order valence-corrected chi connectivity index (χ2v) is 5.84. The highest BCUT2D eigenvalue weighted by molar-refractivity contribution is 5.04. The van der Waals surface area contributed by atoms with Crippen molar-refractivity contribution in [1.29, 1.82) is 0 Å². The van der Waals surface area contributed by atoms with Gasteiger partial charge in [0.2, 0.25) is 0 Å². The normalized spacial score (nSPS) is 24.4. The molecule has 3 nitrogen and oxygen atoms in total. The van der Waals surface area contributed by atoms with Crippen molar-refractivity contribution in [2.24, 2.45) is 0 Å². The van der Waals surface area contributed by atoms with E-state index in [1.807, 2.05) is 12.3 Å². The molecular weight excluding hydrogens is 246 g/mol. The van der Waals surface area contributed by atoms with Crippen LogP contribution in [-0.4, -0.2) is 35.6 Å². The Morgan fingerprint density at radius 2 is 2.00 bits per heavy atom. The molecule has 2 unspecified atom stereocenters. The molecule has 2 atom stereocenters. The van der Waals surface area contributed by atoms with Gasteiger partial charge in [0.1, 0.15) is 0 Å². The Kier molecular flexibility index (Phi) is 6.48. The number of pyridine rings is 1. The van der Waals surface area contributed by atoms with Crippen molar-refractivity contribution in [3.63, 3.8) is 0 Å². The average molecular weight is 275 g/mol. The molecule has 1 fully saturated rings. The van der Waals surface area contributed by atoms with Gasteiger partial charge in [0, 0.05) is 24.8 Å². The Bertz CT molecular complexity index is 366. The van der Waals surface area contributed by atoms with Gasteiger partial charge in [-0.1, -0.05) is 38.7 Å². The van der Waals surface area contributed by atoms with Crippen molar-refractivity contribution in [3.8, 4) is 0 Å². The number of nitrogens with one attached hydrogen (secondary N) is 1. The Morgan fingerprint density at radius 1 is 1.20 bits per heavy atom. The molecule has 0 aromatic carbocycles. The summed E-state index contributed by atoms with van der Waals surface area (Å²) in [6.07, 6.45) is 10.0. The molecule has 0 saturated heterocycles. The minimum Gasteiger partial charge on any atom is -0.315 e. The number of aromatic nitrogens is 1. The quantitative estimate of drug-likeness (QED) is 0.894. The molecule has 3 heteroatoms. The van der Waals surface area contributed by atoms with Gasteiger partial charge >= 0.3 is 0 Å². The van der Waals surface area contributed by atoms with Crippen LogP contribution in [0.25, 0.3) is 0 Å². The first-order valence-corrected chi connectivity index (χ1v) is 8.16. The lowest BCUT2D eigenvalue weighted by Crippen LogP contribution is -2.49. The average Bonchev–Trinajstić information content (AvgIpc) is 2.47. The summed E-state index contributed by atoms with van der Waals surface area (Å²) >= 11 is 0. The molecule has 112 valence electrons. The molecule has 1 aliphatic carbocycles. The van der Waals surface area contributed by atoms with E-state index in [0.717, 1.165) is 13.1 Å². The third-order valence-electron chi connectivity index (χ3n) is 4.57. The molecule has 0 spiro atoms. The molecular formula is C17H29N3. The first-order valence-electron chi connectivity index (χ1n) is 8.16. The summed E-state index contributed by atoms with van der Waals surface area (Å²) in [5.41, 5.74) is 1.19. The lowest BCUT2D eigenvalue weighted by Gasteiger charge is -2.37. The summed E-state index contributed by atoms with van der Waals surface area (Å²) in [5.74, 6) is 0. The molecule has 0 bridgehead atoms. The van der Waals surface area contributed by atoms with Crippen LogP contribution in [0.15, 0.2) is 24.4 Å². The van der Waals surface area contributed by atoms with E-state index in [1.165, 1.54) is 44.2 Å². The lowest BCUT2D eigenvalue weighted by atomic mass is 9.91. The summed E-state index contributed by atoms with van der Waals surface area (Å²) < 4.78 is 0. The van der Waals surface area contributed by atoms with E-state index in [0.29, 0.717) is 12.1 Å². The van der Waals surface area contributed by atoms with Crippen molar-refractivity contribution in [2.45, 2.75) is 64.1 Å². The van der Waals surface area contributed by atoms with E-state index < -0.39 is 0 Å². The summed E-state index contributed by atoms with van der Waals surface area (Å²) in [5, 5.41) is 3.56. The highest BCUT2D eigenvalue weighted by Crippen LogP contribution is 2.23. The highest BCUT2D eigenvalue weighted by Gasteiger charge is 2.26. The van der Waals surface area contributed by atoms with Gasteiger partial charge < -0.3 is 5.32 Å². The minimum atomic E-state index is 0.624. The molecule has 1 saturated carbocycles. The van der Waals surface area contributed by atoms with E-state index in [2.05, 4.69) is 41.3 Å². The van der Waals surface area contributed by atoms with Crippen LogP contribution >= 0.6 is 0 Å². The summed E-state index contributed by atoms with van der Waals surface area (Å²) in [6, 6.07) is 7.49. The number of nitrogens with zero attached hydrogens (tertiary/aromatic N) is 2. The van der Waals surface area contributed by atoms with Crippen LogP contribution in [-0.2, 0) is 6.54 Å². The fraction of sp³-hybridized carbons (Fsp3) is 0.706. The third kappa shape index (κ3) is 4.29.